The molecule has 0 aliphatic rings. The van der Waals surface area contributed by atoms with Crippen molar-refractivity contribution in [2.45, 2.75) is 38.0 Å². The number of nitrogens with one attached hydrogen (secondary N) is 1. The van der Waals surface area contributed by atoms with Gasteiger partial charge in [0.2, 0.25) is 0 Å². The van der Waals surface area contributed by atoms with Crippen molar-refractivity contribution in [2.75, 3.05) is 13.4 Å². The zero-order valence-corrected chi connectivity index (χ0v) is 13.5. The van der Waals surface area contributed by atoms with Crippen LogP contribution in [0.2, 0.25) is 0 Å². The molecule has 20 heavy (non-hydrogen) atoms. The van der Waals surface area contributed by atoms with Crippen molar-refractivity contribution < 1.29 is 13.2 Å². The highest BCUT2D eigenvalue weighted by atomic mass is 32.2. The van der Waals surface area contributed by atoms with Crippen molar-refractivity contribution in [2.24, 2.45) is 5.84 Å². The van der Waals surface area contributed by atoms with Crippen LogP contribution in [0.15, 0.2) is 18.2 Å². The standard InChI is InChI=1S/C14H24N2O3S/c1-10-6-7-12(19-4)11(8-10)9-13(16-15)14(2,3)20(5,17)18/h6-8,13,16H,9,15H2,1-5H3. The van der Waals surface area contributed by atoms with Crippen LogP contribution in [0.4, 0.5) is 0 Å². The smallest absolute Gasteiger partial charge is 0.154 e. The summed E-state index contributed by atoms with van der Waals surface area (Å²) in [7, 11) is -1.65. The fourth-order valence-corrected chi connectivity index (χ4v) is 2.72. The molecular formula is C14H24N2O3S. The Kier molecular flexibility index (Phi) is 5.18. The van der Waals surface area contributed by atoms with Gasteiger partial charge in [0.25, 0.3) is 0 Å². The van der Waals surface area contributed by atoms with Gasteiger partial charge in [-0.2, -0.15) is 0 Å². The second-order valence-corrected chi connectivity index (χ2v) is 8.21. The van der Waals surface area contributed by atoms with Gasteiger partial charge in [-0.15, -0.1) is 0 Å². The highest BCUT2D eigenvalue weighted by Gasteiger charge is 2.38. The molecular weight excluding hydrogens is 276 g/mol. The largest absolute Gasteiger partial charge is 0.496 e. The van der Waals surface area contributed by atoms with E-state index in [1.54, 1.807) is 21.0 Å². The third kappa shape index (κ3) is 3.50. The summed E-state index contributed by atoms with van der Waals surface area (Å²) in [5, 5.41) is 0. The van der Waals surface area contributed by atoms with Crippen molar-refractivity contribution in [3.63, 3.8) is 0 Å². The molecule has 1 unspecified atom stereocenters. The Morgan fingerprint density at radius 3 is 2.45 bits per heavy atom. The summed E-state index contributed by atoms with van der Waals surface area (Å²) in [6, 6.07) is 5.41. The van der Waals surface area contributed by atoms with Gasteiger partial charge < -0.3 is 4.74 Å². The predicted octanol–water partition coefficient (Wildman–Crippen LogP) is 1.20. The van der Waals surface area contributed by atoms with E-state index in [4.69, 9.17) is 10.6 Å². The average molecular weight is 300 g/mol. The molecule has 114 valence electrons. The lowest BCUT2D eigenvalue weighted by Gasteiger charge is -2.32. The van der Waals surface area contributed by atoms with E-state index < -0.39 is 20.6 Å². The van der Waals surface area contributed by atoms with Gasteiger partial charge in [-0.25, -0.2) is 8.42 Å². The minimum Gasteiger partial charge on any atom is -0.496 e. The van der Waals surface area contributed by atoms with Crippen molar-refractivity contribution >= 4 is 9.84 Å². The molecule has 3 N–H and O–H groups in total. The molecule has 0 heterocycles. The summed E-state index contributed by atoms with van der Waals surface area (Å²) >= 11 is 0. The normalized spacial score (nSPS) is 14.1. The number of ether oxygens (including phenoxy) is 1. The van der Waals surface area contributed by atoms with E-state index in [1.165, 1.54) is 6.26 Å². The number of rotatable bonds is 6. The molecule has 1 aromatic rings. The average Bonchev–Trinajstić information content (AvgIpc) is 2.34. The third-order valence-electron chi connectivity index (χ3n) is 3.86. The molecule has 0 bridgehead atoms. The van der Waals surface area contributed by atoms with Crippen LogP contribution in [0.25, 0.3) is 0 Å². The number of sulfone groups is 1. The van der Waals surface area contributed by atoms with Gasteiger partial charge in [0, 0.05) is 12.3 Å². The first kappa shape index (κ1) is 16.9. The van der Waals surface area contributed by atoms with Crippen LogP contribution in [0.3, 0.4) is 0 Å². The van der Waals surface area contributed by atoms with E-state index in [9.17, 15) is 8.42 Å². The number of aryl methyl sites for hydroxylation is 1. The van der Waals surface area contributed by atoms with E-state index in [0.29, 0.717) is 6.42 Å². The number of benzene rings is 1. The first-order valence-corrected chi connectivity index (χ1v) is 8.32. The van der Waals surface area contributed by atoms with E-state index in [1.807, 2.05) is 25.1 Å². The minimum atomic E-state index is -3.25. The second-order valence-electron chi connectivity index (χ2n) is 5.61. The lowest BCUT2D eigenvalue weighted by molar-refractivity contribution is 0.388. The van der Waals surface area contributed by atoms with E-state index in [-0.39, 0.29) is 0 Å². The van der Waals surface area contributed by atoms with E-state index in [0.717, 1.165) is 16.9 Å². The van der Waals surface area contributed by atoms with Crippen LogP contribution in [0.1, 0.15) is 25.0 Å². The van der Waals surface area contributed by atoms with Crippen LogP contribution in [-0.2, 0) is 16.3 Å². The maximum Gasteiger partial charge on any atom is 0.154 e. The monoisotopic (exact) mass is 300 g/mol. The number of methoxy groups -OCH3 is 1. The molecule has 1 rings (SSSR count). The van der Waals surface area contributed by atoms with Crippen LogP contribution in [0, 0.1) is 6.92 Å². The fraction of sp³-hybridized carbons (Fsp3) is 0.571. The second kappa shape index (κ2) is 6.11. The molecule has 6 heteroatoms. The highest BCUT2D eigenvalue weighted by molar-refractivity contribution is 7.92. The summed E-state index contributed by atoms with van der Waals surface area (Å²) in [6.45, 7) is 5.33. The summed E-state index contributed by atoms with van der Waals surface area (Å²) in [6.07, 6.45) is 1.70. The fourth-order valence-electron chi connectivity index (χ4n) is 2.05. The molecule has 5 nitrogen and oxygen atoms in total. The van der Waals surface area contributed by atoms with E-state index in [2.05, 4.69) is 5.43 Å². The number of nitrogens with two attached hydrogens (primary N) is 1. The number of hydrogen-bond acceptors (Lipinski definition) is 5. The molecule has 0 aliphatic heterocycles. The molecule has 1 atom stereocenters. The third-order valence-corrected chi connectivity index (χ3v) is 6.05. The predicted molar refractivity (Wildman–Crippen MR) is 81.5 cm³/mol. The SMILES string of the molecule is COc1ccc(C)cc1CC(NN)C(C)(C)S(C)(=O)=O. The van der Waals surface area contributed by atoms with Crippen molar-refractivity contribution in [1.82, 2.24) is 5.43 Å². The van der Waals surface area contributed by atoms with Crippen LogP contribution in [0.5, 0.6) is 5.75 Å². The number of hydrazine groups is 1. The minimum absolute atomic E-state index is 0.409. The zero-order valence-electron chi connectivity index (χ0n) is 12.7. The molecule has 0 saturated heterocycles. The van der Waals surface area contributed by atoms with Gasteiger partial charge in [-0.05, 0) is 38.8 Å². The van der Waals surface area contributed by atoms with Crippen LogP contribution in [-0.4, -0.2) is 32.6 Å². The quantitative estimate of drug-likeness (QED) is 0.609. The summed E-state index contributed by atoms with van der Waals surface area (Å²) in [4.78, 5) is 0. The Balaban J connectivity index is 3.15. The van der Waals surface area contributed by atoms with Crippen molar-refractivity contribution in [3.05, 3.63) is 29.3 Å². The van der Waals surface area contributed by atoms with Crippen LogP contribution < -0.4 is 16.0 Å². The maximum atomic E-state index is 11.9. The van der Waals surface area contributed by atoms with Crippen molar-refractivity contribution in [1.29, 1.82) is 0 Å². The lowest BCUT2D eigenvalue weighted by Crippen LogP contribution is -2.55. The van der Waals surface area contributed by atoms with Gasteiger partial charge in [-0.1, -0.05) is 17.7 Å². The molecule has 0 fully saturated rings. The van der Waals surface area contributed by atoms with Gasteiger partial charge in [-0.3, -0.25) is 11.3 Å². The Morgan fingerprint density at radius 1 is 1.40 bits per heavy atom. The van der Waals surface area contributed by atoms with Gasteiger partial charge in [0.1, 0.15) is 5.75 Å². The molecule has 0 aliphatic carbocycles. The Labute approximate surface area is 121 Å². The van der Waals surface area contributed by atoms with Gasteiger partial charge >= 0.3 is 0 Å². The molecule has 0 saturated carbocycles. The lowest BCUT2D eigenvalue weighted by atomic mass is 9.94. The van der Waals surface area contributed by atoms with Crippen LogP contribution >= 0.6 is 0 Å². The van der Waals surface area contributed by atoms with Crippen molar-refractivity contribution in [3.8, 4) is 5.75 Å². The Hall–Kier alpha value is -1.11. The summed E-state index contributed by atoms with van der Waals surface area (Å²) < 4.78 is 28.2. The molecule has 0 amide bonds. The highest BCUT2D eigenvalue weighted by Crippen LogP contribution is 2.27. The van der Waals surface area contributed by atoms with Gasteiger partial charge in [0.05, 0.1) is 11.9 Å². The Bertz CT molecular complexity index is 568. The Morgan fingerprint density at radius 2 is 2.00 bits per heavy atom. The molecule has 0 radical (unpaired) electrons. The summed E-state index contributed by atoms with van der Waals surface area (Å²) in [5.41, 5.74) is 4.66. The van der Waals surface area contributed by atoms with E-state index >= 15 is 0 Å². The molecule has 0 aromatic heterocycles. The molecule has 0 spiro atoms. The first-order chi connectivity index (χ1) is 9.13. The maximum absolute atomic E-state index is 11.9. The summed E-state index contributed by atoms with van der Waals surface area (Å²) in [5.74, 6) is 6.31. The number of hydrogen-bond donors (Lipinski definition) is 2. The van der Waals surface area contributed by atoms with Gasteiger partial charge in [0.15, 0.2) is 9.84 Å². The first-order valence-electron chi connectivity index (χ1n) is 6.42. The molecule has 1 aromatic carbocycles. The topological polar surface area (TPSA) is 81.4 Å². The zero-order chi connectivity index (χ0) is 15.6.